The lowest BCUT2D eigenvalue weighted by Crippen LogP contribution is -2.36. The van der Waals surface area contributed by atoms with Crippen LogP contribution in [0.3, 0.4) is 0 Å². The largest absolute Gasteiger partial charge is 0.481 e. The van der Waals surface area contributed by atoms with Crippen molar-refractivity contribution in [3.05, 3.63) is 26.8 Å². The maximum absolute atomic E-state index is 11.7. The molecule has 0 aliphatic rings. The molecule has 0 saturated heterocycles. The SMILES string of the molecule is CC(CCC(=O)O)NC(=O)Nc1ccc(Cl)cc1I. The molecular weight excluding hydrogens is 382 g/mol. The number of hydrogen-bond acceptors (Lipinski definition) is 2. The van der Waals surface area contributed by atoms with Gasteiger partial charge in [-0.05, 0) is 54.1 Å². The number of carboxylic acids is 1. The van der Waals surface area contributed by atoms with Gasteiger partial charge in [0, 0.05) is 21.1 Å². The molecule has 2 amide bonds. The van der Waals surface area contributed by atoms with E-state index in [2.05, 4.69) is 33.2 Å². The number of rotatable bonds is 5. The van der Waals surface area contributed by atoms with Gasteiger partial charge in [0.25, 0.3) is 0 Å². The normalized spacial score (nSPS) is 11.7. The summed E-state index contributed by atoms with van der Waals surface area (Å²) >= 11 is 7.89. The lowest BCUT2D eigenvalue weighted by atomic mass is 10.2. The number of halogens is 2. The van der Waals surface area contributed by atoms with Crippen molar-refractivity contribution >= 4 is 51.9 Å². The summed E-state index contributed by atoms with van der Waals surface area (Å²) in [5, 5.41) is 14.5. The monoisotopic (exact) mass is 396 g/mol. The van der Waals surface area contributed by atoms with Crippen molar-refractivity contribution in [2.45, 2.75) is 25.8 Å². The van der Waals surface area contributed by atoms with Gasteiger partial charge in [0.05, 0.1) is 5.69 Å². The van der Waals surface area contributed by atoms with Crippen molar-refractivity contribution in [1.82, 2.24) is 5.32 Å². The van der Waals surface area contributed by atoms with Gasteiger partial charge in [-0.15, -0.1) is 0 Å². The topological polar surface area (TPSA) is 78.4 Å². The highest BCUT2D eigenvalue weighted by Crippen LogP contribution is 2.22. The molecule has 1 atom stereocenters. The molecule has 7 heteroatoms. The lowest BCUT2D eigenvalue weighted by molar-refractivity contribution is -0.137. The van der Waals surface area contributed by atoms with E-state index >= 15 is 0 Å². The Kier molecular flexibility index (Phi) is 6.36. The molecule has 0 heterocycles. The van der Waals surface area contributed by atoms with Crippen LogP contribution in [-0.4, -0.2) is 23.1 Å². The van der Waals surface area contributed by atoms with E-state index in [9.17, 15) is 9.59 Å². The molecule has 19 heavy (non-hydrogen) atoms. The van der Waals surface area contributed by atoms with Crippen LogP contribution in [-0.2, 0) is 4.79 Å². The summed E-state index contributed by atoms with van der Waals surface area (Å²) in [6.45, 7) is 1.76. The van der Waals surface area contributed by atoms with Gasteiger partial charge in [-0.1, -0.05) is 11.6 Å². The van der Waals surface area contributed by atoms with Crippen LogP contribution in [0.5, 0.6) is 0 Å². The minimum Gasteiger partial charge on any atom is -0.481 e. The minimum absolute atomic E-state index is 0.0277. The smallest absolute Gasteiger partial charge is 0.319 e. The first kappa shape index (κ1) is 16.0. The van der Waals surface area contributed by atoms with Gasteiger partial charge in [0.15, 0.2) is 0 Å². The number of benzene rings is 1. The highest BCUT2D eigenvalue weighted by Gasteiger charge is 2.10. The second kappa shape index (κ2) is 7.54. The van der Waals surface area contributed by atoms with Crippen molar-refractivity contribution in [1.29, 1.82) is 0 Å². The first-order valence-corrected chi connectivity index (χ1v) is 7.08. The van der Waals surface area contributed by atoms with E-state index < -0.39 is 5.97 Å². The van der Waals surface area contributed by atoms with Crippen LogP contribution in [0, 0.1) is 3.57 Å². The summed E-state index contributed by atoms with van der Waals surface area (Å²) in [5.41, 5.74) is 0.660. The van der Waals surface area contributed by atoms with E-state index in [1.165, 1.54) is 0 Å². The van der Waals surface area contributed by atoms with E-state index in [1.54, 1.807) is 25.1 Å². The molecule has 3 N–H and O–H groups in total. The molecule has 0 fully saturated rings. The summed E-state index contributed by atoms with van der Waals surface area (Å²) in [6.07, 6.45) is 0.417. The van der Waals surface area contributed by atoms with Crippen molar-refractivity contribution in [3.63, 3.8) is 0 Å². The standard InChI is InChI=1S/C12H14ClIN2O3/c1-7(2-5-11(17)18)15-12(19)16-10-4-3-8(13)6-9(10)14/h3-4,6-7H,2,5H2,1H3,(H,17,18)(H2,15,16,19). The Morgan fingerprint density at radius 1 is 1.47 bits per heavy atom. The Morgan fingerprint density at radius 3 is 2.74 bits per heavy atom. The maximum Gasteiger partial charge on any atom is 0.319 e. The molecule has 0 radical (unpaired) electrons. The third-order valence-corrected chi connectivity index (χ3v) is 3.48. The number of carbonyl (C=O) groups is 2. The van der Waals surface area contributed by atoms with Gasteiger partial charge in [0.2, 0.25) is 0 Å². The number of nitrogens with one attached hydrogen (secondary N) is 2. The average Bonchev–Trinajstić information content (AvgIpc) is 2.30. The quantitative estimate of drug-likeness (QED) is 0.668. The van der Waals surface area contributed by atoms with Crippen LogP contribution in [0.25, 0.3) is 0 Å². The molecule has 0 aromatic heterocycles. The number of carboxylic acid groups (broad SMARTS) is 1. The van der Waals surface area contributed by atoms with Gasteiger partial charge < -0.3 is 15.7 Å². The van der Waals surface area contributed by atoms with Gasteiger partial charge in [-0.3, -0.25) is 4.79 Å². The predicted molar refractivity (Wildman–Crippen MR) is 82.7 cm³/mol. The molecule has 1 unspecified atom stereocenters. The van der Waals surface area contributed by atoms with Crippen LogP contribution in [0.15, 0.2) is 18.2 Å². The fraction of sp³-hybridized carbons (Fsp3) is 0.333. The Bertz CT molecular complexity index is 482. The number of hydrogen-bond donors (Lipinski definition) is 3. The Hall–Kier alpha value is -1.02. The zero-order valence-corrected chi connectivity index (χ0v) is 13.2. The molecule has 0 bridgehead atoms. The van der Waals surface area contributed by atoms with Crippen LogP contribution in [0.1, 0.15) is 19.8 Å². The van der Waals surface area contributed by atoms with E-state index in [0.717, 1.165) is 3.57 Å². The number of carbonyl (C=O) groups excluding carboxylic acids is 1. The molecule has 1 aromatic carbocycles. The van der Waals surface area contributed by atoms with Crippen LogP contribution in [0.2, 0.25) is 5.02 Å². The summed E-state index contributed by atoms with van der Waals surface area (Å²) in [7, 11) is 0. The van der Waals surface area contributed by atoms with E-state index in [1.807, 2.05) is 0 Å². The number of aliphatic carboxylic acids is 1. The highest BCUT2D eigenvalue weighted by atomic mass is 127. The van der Waals surface area contributed by atoms with Gasteiger partial charge in [-0.2, -0.15) is 0 Å². The molecule has 0 spiro atoms. The lowest BCUT2D eigenvalue weighted by Gasteiger charge is -2.14. The number of urea groups is 1. The van der Waals surface area contributed by atoms with Crippen molar-refractivity contribution in [3.8, 4) is 0 Å². The van der Waals surface area contributed by atoms with E-state index in [4.69, 9.17) is 16.7 Å². The van der Waals surface area contributed by atoms with Gasteiger partial charge >= 0.3 is 12.0 Å². The molecule has 0 saturated carbocycles. The van der Waals surface area contributed by atoms with Crippen LogP contribution >= 0.6 is 34.2 Å². The Morgan fingerprint density at radius 2 is 2.16 bits per heavy atom. The molecule has 1 rings (SSSR count). The summed E-state index contributed by atoms with van der Waals surface area (Å²) in [6, 6.07) is 4.57. The van der Waals surface area contributed by atoms with Crippen molar-refractivity contribution in [2.75, 3.05) is 5.32 Å². The second-order valence-corrected chi connectivity index (χ2v) is 5.65. The Labute approximate surface area is 129 Å². The van der Waals surface area contributed by atoms with Crippen LogP contribution in [0.4, 0.5) is 10.5 Å². The molecular formula is C12H14ClIN2O3. The summed E-state index contributed by atoms with van der Waals surface area (Å²) < 4.78 is 0.832. The zero-order valence-electron chi connectivity index (χ0n) is 10.2. The predicted octanol–water partition coefficient (Wildman–Crippen LogP) is 3.32. The van der Waals surface area contributed by atoms with E-state index in [-0.39, 0.29) is 18.5 Å². The maximum atomic E-state index is 11.7. The first-order valence-electron chi connectivity index (χ1n) is 5.63. The Balaban J connectivity index is 2.48. The minimum atomic E-state index is -0.874. The third-order valence-electron chi connectivity index (χ3n) is 2.35. The highest BCUT2D eigenvalue weighted by molar-refractivity contribution is 14.1. The molecule has 5 nitrogen and oxygen atoms in total. The van der Waals surface area contributed by atoms with Gasteiger partial charge in [0.1, 0.15) is 0 Å². The van der Waals surface area contributed by atoms with Crippen LogP contribution < -0.4 is 10.6 Å². The number of anilines is 1. The fourth-order valence-electron chi connectivity index (χ4n) is 1.39. The molecule has 104 valence electrons. The van der Waals surface area contributed by atoms with Gasteiger partial charge in [-0.25, -0.2) is 4.79 Å². The second-order valence-electron chi connectivity index (χ2n) is 4.06. The molecule has 0 aliphatic carbocycles. The zero-order chi connectivity index (χ0) is 14.4. The fourth-order valence-corrected chi connectivity index (χ4v) is 2.39. The average molecular weight is 397 g/mol. The third kappa shape index (κ3) is 6.11. The van der Waals surface area contributed by atoms with E-state index in [0.29, 0.717) is 17.1 Å². The summed E-state index contributed by atoms with van der Waals surface area (Å²) in [4.78, 5) is 22.1. The molecule has 1 aromatic rings. The van der Waals surface area contributed by atoms with Crippen molar-refractivity contribution < 1.29 is 14.7 Å². The number of amides is 2. The molecule has 0 aliphatic heterocycles. The van der Waals surface area contributed by atoms with Crippen molar-refractivity contribution in [2.24, 2.45) is 0 Å². The first-order chi connectivity index (χ1) is 8.88. The summed E-state index contributed by atoms with van der Waals surface area (Å²) in [5.74, 6) is -0.874.